The van der Waals surface area contributed by atoms with Crippen LogP contribution in [0.5, 0.6) is 11.6 Å². The fourth-order valence-electron chi connectivity index (χ4n) is 4.65. The lowest BCUT2D eigenvalue weighted by atomic mass is 9.99. The van der Waals surface area contributed by atoms with Gasteiger partial charge in [-0.2, -0.15) is 0 Å². The van der Waals surface area contributed by atoms with E-state index in [-0.39, 0.29) is 11.4 Å². The molecule has 1 aliphatic rings. The van der Waals surface area contributed by atoms with Gasteiger partial charge in [0.25, 0.3) is 5.56 Å². The number of benzene rings is 3. The maximum absolute atomic E-state index is 12.5. The maximum Gasteiger partial charge on any atom is 0.258 e. The lowest BCUT2D eigenvalue weighted by molar-refractivity contribution is 0.221. The van der Waals surface area contributed by atoms with Crippen molar-refractivity contribution in [2.24, 2.45) is 4.99 Å². The van der Waals surface area contributed by atoms with E-state index in [1.807, 2.05) is 48.5 Å². The van der Waals surface area contributed by atoms with Crippen molar-refractivity contribution in [2.75, 3.05) is 20.2 Å². The molecule has 178 valence electrons. The van der Waals surface area contributed by atoms with Gasteiger partial charge >= 0.3 is 0 Å². The van der Waals surface area contributed by atoms with Gasteiger partial charge in [-0.05, 0) is 79.0 Å². The highest BCUT2D eigenvalue weighted by Crippen LogP contribution is 2.29. The van der Waals surface area contributed by atoms with Crippen molar-refractivity contribution in [3.05, 3.63) is 88.2 Å². The van der Waals surface area contributed by atoms with Crippen LogP contribution in [0.4, 0.5) is 5.69 Å². The number of rotatable bonds is 6. The lowest BCUT2D eigenvalue weighted by Crippen LogP contribution is -2.28. The van der Waals surface area contributed by atoms with Gasteiger partial charge in [-0.25, -0.2) is 0 Å². The van der Waals surface area contributed by atoms with Crippen LogP contribution >= 0.6 is 0 Å². The van der Waals surface area contributed by atoms with Gasteiger partial charge in [-0.15, -0.1) is 0 Å². The second-order valence-corrected chi connectivity index (χ2v) is 8.97. The number of likely N-dealkylation sites (tertiary alicyclic amines) is 1. The molecular formula is C29H29N3O3. The van der Waals surface area contributed by atoms with Crippen molar-refractivity contribution >= 4 is 22.7 Å². The van der Waals surface area contributed by atoms with Crippen LogP contribution in [-0.4, -0.2) is 41.4 Å². The molecule has 0 atom stereocenters. The Bertz CT molecular complexity index is 1420. The summed E-state index contributed by atoms with van der Waals surface area (Å²) in [5.41, 5.74) is 4.06. The molecule has 2 heterocycles. The van der Waals surface area contributed by atoms with Crippen molar-refractivity contribution in [3.63, 3.8) is 0 Å². The summed E-state index contributed by atoms with van der Waals surface area (Å²) < 4.78 is 5.35. The monoisotopic (exact) mass is 467 g/mol. The Morgan fingerprint density at radius 3 is 2.51 bits per heavy atom. The Labute approximate surface area is 204 Å². The lowest BCUT2D eigenvalue weighted by Gasteiger charge is -2.26. The van der Waals surface area contributed by atoms with Gasteiger partial charge in [0.2, 0.25) is 5.88 Å². The predicted molar refractivity (Wildman–Crippen MR) is 141 cm³/mol. The predicted octanol–water partition coefficient (Wildman–Crippen LogP) is 5.65. The fraction of sp³-hybridized carbons (Fsp3) is 0.241. The molecule has 0 spiro atoms. The molecule has 2 N–H and O–H groups in total. The summed E-state index contributed by atoms with van der Waals surface area (Å²) in [7, 11) is 1.63. The number of fused-ring (bicyclic) bond motifs is 1. The summed E-state index contributed by atoms with van der Waals surface area (Å²) in [5.74, 6) is 0.553. The number of methoxy groups -OCH3 is 1. The minimum Gasteiger partial charge on any atom is -0.497 e. The first-order valence-electron chi connectivity index (χ1n) is 12.0. The molecule has 0 aliphatic carbocycles. The highest BCUT2D eigenvalue weighted by Gasteiger charge is 2.12. The number of aromatic amines is 1. The zero-order chi connectivity index (χ0) is 24.2. The molecule has 4 aromatic rings. The minimum atomic E-state index is -0.339. The van der Waals surface area contributed by atoms with E-state index < -0.39 is 0 Å². The number of nitrogens with zero attached hydrogens (tertiary/aromatic N) is 2. The van der Waals surface area contributed by atoms with Crippen LogP contribution in [0.3, 0.4) is 0 Å². The fourth-order valence-corrected chi connectivity index (χ4v) is 4.65. The van der Waals surface area contributed by atoms with Crippen LogP contribution in [0.1, 0.15) is 30.4 Å². The second kappa shape index (κ2) is 10.2. The summed E-state index contributed by atoms with van der Waals surface area (Å²) in [6.07, 6.45) is 5.50. The molecule has 0 saturated carbocycles. The molecule has 0 bridgehead atoms. The zero-order valence-electron chi connectivity index (χ0n) is 19.8. The molecule has 1 aliphatic heterocycles. The van der Waals surface area contributed by atoms with E-state index in [4.69, 9.17) is 4.74 Å². The second-order valence-electron chi connectivity index (χ2n) is 8.97. The van der Waals surface area contributed by atoms with Crippen molar-refractivity contribution in [3.8, 4) is 22.8 Å². The average Bonchev–Trinajstić information content (AvgIpc) is 2.90. The molecule has 0 unspecified atom stereocenters. The average molecular weight is 468 g/mol. The van der Waals surface area contributed by atoms with Gasteiger partial charge < -0.3 is 9.84 Å². The molecule has 3 aromatic carbocycles. The van der Waals surface area contributed by atoms with Crippen molar-refractivity contribution in [1.82, 2.24) is 9.88 Å². The SMILES string of the molecule is COc1cccc(-c2ccc3c(=O)[nH]c(O)c(C=Nc4ccc(CN5CCCCC5)cc4)c3c2)c1. The molecule has 6 nitrogen and oxygen atoms in total. The highest BCUT2D eigenvalue weighted by molar-refractivity contribution is 6.03. The number of pyridine rings is 1. The van der Waals surface area contributed by atoms with Crippen LogP contribution in [0.15, 0.2) is 76.5 Å². The molecule has 5 rings (SSSR count). The topological polar surface area (TPSA) is 77.9 Å². The van der Waals surface area contributed by atoms with Crippen LogP contribution in [0.25, 0.3) is 21.9 Å². The van der Waals surface area contributed by atoms with E-state index in [9.17, 15) is 9.90 Å². The molecule has 0 amide bonds. The van der Waals surface area contributed by atoms with Crippen molar-refractivity contribution in [1.29, 1.82) is 0 Å². The number of aromatic nitrogens is 1. The summed E-state index contributed by atoms with van der Waals surface area (Å²) in [5, 5.41) is 11.7. The van der Waals surface area contributed by atoms with E-state index in [1.165, 1.54) is 24.8 Å². The van der Waals surface area contributed by atoms with Crippen LogP contribution in [-0.2, 0) is 6.54 Å². The number of ether oxygens (including phenoxy) is 1. The molecule has 1 aromatic heterocycles. The first-order valence-corrected chi connectivity index (χ1v) is 12.0. The van der Waals surface area contributed by atoms with Crippen LogP contribution in [0, 0.1) is 0 Å². The van der Waals surface area contributed by atoms with Gasteiger partial charge in [-0.1, -0.05) is 36.8 Å². The number of hydrogen-bond donors (Lipinski definition) is 2. The zero-order valence-corrected chi connectivity index (χ0v) is 19.8. The van der Waals surface area contributed by atoms with Gasteiger partial charge in [0.1, 0.15) is 5.75 Å². The third-order valence-corrected chi connectivity index (χ3v) is 6.58. The minimum absolute atomic E-state index is 0.198. The summed E-state index contributed by atoms with van der Waals surface area (Å²) in [6.45, 7) is 3.29. The molecule has 1 saturated heterocycles. The largest absolute Gasteiger partial charge is 0.497 e. The highest BCUT2D eigenvalue weighted by atomic mass is 16.5. The first-order chi connectivity index (χ1) is 17.1. The summed E-state index contributed by atoms with van der Waals surface area (Å²) in [4.78, 5) is 22.1. The standard InChI is InChI=1S/C29H29N3O3/c1-35-24-7-5-6-21(16-24)22-10-13-25-26(17-22)27(29(34)31-28(25)33)18-30-23-11-8-20(9-12-23)19-32-14-3-2-4-15-32/h5-13,16-18H,2-4,14-15,19H2,1H3,(H2,31,33,34). The number of nitrogens with one attached hydrogen (secondary N) is 1. The number of H-pyrrole nitrogens is 1. The van der Waals surface area contributed by atoms with E-state index in [0.717, 1.165) is 42.2 Å². The van der Waals surface area contributed by atoms with E-state index >= 15 is 0 Å². The number of piperidine rings is 1. The number of aliphatic imine (C=N–C) groups is 1. The molecular weight excluding hydrogens is 438 g/mol. The Morgan fingerprint density at radius 1 is 0.971 bits per heavy atom. The third kappa shape index (κ3) is 5.12. The number of hydrogen-bond acceptors (Lipinski definition) is 5. The molecule has 0 radical (unpaired) electrons. The van der Waals surface area contributed by atoms with Gasteiger partial charge in [0, 0.05) is 23.5 Å². The van der Waals surface area contributed by atoms with Crippen LogP contribution in [0.2, 0.25) is 0 Å². The quantitative estimate of drug-likeness (QED) is 0.360. The first kappa shape index (κ1) is 22.9. The summed E-state index contributed by atoms with van der Waals surface area (Å²) >= 11 is 0. The van der Waals surface area contributed by atoms with E-state index in [2.05, 4.69) is 27.0 Å². The molecule has 1 fully saturated rings. The Morgan fingerprint density at radius 2 is 1.74 bits per heavy atom. The Kier molecular flexibility index (Phi) is 6.64. The Balaban J connectivity index is 1.45. The van der Waals surface area contributed by atoms with Gasteiger partial charge in [-0.3, -0.25) is 19.7 Å². The third-order valence-electron chi connectivity index (χ3n) is 6.58. The normalized spacial score (nSPS) is 14.5. The van der Waals surface area contributed by atoms with E-state index in [1.54, 1.807) is 19.4 Å². The van der Waals surface area contributed by atoms with E-state index in [0.29, 0.717) is 16.3 Å². The summed E-state index contributed by atoms with van der Waals surface area (Å²) in [6, 6.07) is 21.5. The van der Waals surface area contributed by atoms with Crippen molar-refractivity contribution < 1.29 is 9.84 Å². The number of aromatic hydroxyl groups is 1. The molecule has 35 heavy (non-hydrogen) atoms. The maximum atomic E-state index is 12.5. The van der Waals surface area contributed by atoms with Crippen molar-refractivity contribution in [2.45, 2.75) is 25.8 Å². The smallest absolute Gasteiger partial charge is 0.258 e. The van der Waals surface area contributed by atoms with Gasteiger partial charge in [0.15, 0.2) is 0 Å². The van der Waals surface area contributed by atoms with Crippen LogP contribution < -0.4 is 10.3 Å². The Hall–Kier alpha value is -3.90. The molecule has 6 heteroatoms. The van der Waals surface area contributed by atoms with Gasteiger partial charge in [0.05, 0.1) is 18.4 Å².